The Kier molecular flexibility index (Phi) is 7.01. The molecule has 3 aromatic rings. The quantitative estimate of drug-likeness (QED) is 0.494. The molecule has 0 saturated carbocycles. The smallest absolute Gasteiger partial charge is 0.411 e. The molecule has 4 rings (SSSR count). The Morgan fingerprint density at radius 2 is 1.60 bits per heavy atom. The van der Waals surface area contributed by atoms with E-state index in [0.717, 1.165) is 22.3 Å². The monoisotopic (exact) mass is 474 g/mol. The Morgan fingerprint density at radius 3 is 2.17 bits per heavy atom. The summed E-state index contributed by atoms with van der Waals surface area (Å²) in [6.45, 7) is 1.53. The van der Waals surface area contributed by atoms with Gasteiger partial charge in [-0.25, -0.2) is 4.79 Å². The second-order valence-corrected chi connectivity index (χ2v) is 8.08. The third-order valence-electron chi connectivity index (χ3n) is 6.03. The number of benzene rings is 3. The number of rotatable bonds is 8. The fraction of sp³-hybridized carbons (Fsp3) is 0.222. The molecule has 8 heteroatoms. The maximum absolute atomic E-state index is 13.0. The van der Waals surface area contributed by atoms with Gasteiger partial charge in [0.25, 0.3) is 5.91 Å². The number of aliphatic carboxylic acids is 1. The Bertz CT molecular complexity index is 1230. The Balaban J connectivity index is 1.52. The largest absolute Gasteiger partial charge is 0.497 e. The zero-order valence-corrected chi connectivity index (χ0v) is 19.5. The fourth-order valence-corrected chi connectivity index (χ4v) is 4.34. The molecule has 180 valence electrons. The van der Waals surface area contributed by atoms with E-state index in [4.69, 9.17) is 14.6 Å². The number of carboxylic acids is 1. The molecule has 0 unspecified atom stereocenters. The van der Waals surface area contributed by atoms with Gasteiger partial charge in [0, 0.05) is 12.5 Å². The van der Waals surface area contributed by atoms with E-state index in [2.05, 4.69) is 17.4 Å². The predicted octanol–water partition coefficient (Wildman–Crippen LogP) is 4.60. The SMILES string of the molecule is CCN(CC(=O)O)C(=O)c1cc(OC)ccc1NC(=O)OCC1c2ccccc2-c2ccccc21. The van der Waals surface area contributed by atoms with E-state index >= 15 is 0 Å². The minimum atomic E-state index is -1.13. The van der Waals surface area contributed by atoms with E-state index in [9.17, 15) is 14.4 Å². The highest BCUT2D eigenvalue weighted by Gasteiger charge is 2.29. The van der Waals surface area contributed by atoms with Crippen molar-refractivity contribution in [2.45, 2.75) is 12.8 Å². The van der Waals surface area contributed by atoms with E-state index in [1.807, 2.05) is 36.4 Å². The molecule has 0 radical (unpaired) electrons. The van der Waals surface area contributed by atoms with Gasteiger partial charge in [-0.1, -0.05) is 48.5 Å². The Hall–Kier alpha value is -4.33. The fourth-order valence-electron chi connectivity index (χ4n) is 4.34. The van der Waals surface area contributed by atoms with Crippen LogP contribution in [0.15, 0.2) is 66.7 Å². The first-order valence-corrected chi connectivity index (χ1v) is 11.2. The molecule has 0 spiro atoms. The molecule has 0 aliphatic heterocycles. The van der Waals surface area contributed by atoms with Gasteiger partial charge in [0.2, 0.25) is 0 Å². The van der Waals surface area contributed by atoms with Crippen LogP contribution in [-0.2, 0) is 9.53 Å². The summed E-state index contributed by atoms with van der Waals surface area (Å²) >= 11 is 0. The molecular weight excluding hydrogens is 448 g/mol. The highest BCUT2D eigenvalue weighted by molar-refractivity contribution is 6.03. The lowest BCUT2D eigenvalue weighted by Gasteiger charge is -2.21. The molecule has 0 aromatic heterocycles. The van der Waals surface area contributed by atoms with Crippen LogP contribution in [0.4, 0.5) is 10.5 Å². The second-order valence-electron chi connectivity index (χ2n) is 8.08. The number of hydrogen-bond donors (Lipinski definition) is 2. The van der Waals surface area contributed by atoms with Crippen LogP contribution in [0, 0.1) is 0 Å². The lowest BCUT2D eigenvalue weighted by Crippen LogP contribution is -2.36. The van der Waals surface area contributed by atoms with Gasteiger partial charge in [-0.2, -0.15) is 0 Å². The summed E-state index contributed by atoms with van der Waals surface area (Å²) in [5, 5.41) is 11.8. The van der Waals surface area contributed by atoms with Crippen LogP contribution in [0.5, 0.6) is 5.75 Å². The van der Waals surface area contributed by atoms with Gasteiger partial charge in [-0.05, 0) is 47.4 Å². The van der Waals surface area contributed by atoms with Crippen LogP contribution in [0.25, 0.3) is 11.1 Å². The van der Waals surface area contributed by atoms with Crippen LogP contribution in [0.3, 0.4) is 0 Å². The van der Waals surface area contributed by atoms with Crippen molar-refractivity contribution in [1.29, 1.82) is 0 Å². The van der Waals surface area contributed by atoms with Crippen LogP contribution in [-0.4, -0.2) is 54.8 Å². The first-order valence-electron chi connectivity index (χ1n) is 11.2. The zero-order chi connectivity index (χ0) is 24.9. The normalized spacial score (nSPS) is 11.8. The van der Waals surface area contributed by atoms with E-state index in [1.165, 1.54) is 24.1 Å². The van der Waals surface area contributed by atoms with Gasteiger partial charge >= 0.3 is 12.1 Å². The number of methoxy groups -OCH3 is 1. The van der Waals surface area contributed by atoms with Crippen molar-refractivity contribution in [3.63, 3.8) is 0 Å². The molecule has 0 saturated heterocycles. The molecule has 0 atom stereocenters. The van der Waals surface area contributed by atoms with Gasteiger partial charge in [-0.3, -0.25) is 14.9 Å². The Morgan fingerprint density at radius 1 is 0.971 bits per heavy atom. The summed E-state index contributed by atoms with van der Waals surface area (Å²) in [6.07, 6.45) is -0.715. The summed E-state index contributed by atoms with van der Waals surface area (Å²) < 4.78 is 10.8. The molecule has 3 aromatic carbocycles. The number of carbonyl (C=O) groups is 3. The van der Waals surface area contributed by atoms with Crippen LogP contribution < -0.4 is 10.1 Å². The number of nitrogens with one attached hydrogen (secondary N) is 1. The zero-order valence-electron chi connectivity index (χ0n) is 19.5. The number of ether oxygens (including phenoxy) is 2. The van der Waals surface area contributed by atoms with E-state index in [-0.39, 0.29) is 30.3 Å². The van der Waals surface area contributed by atoms with Gasteiger partial charge in [-0.15, -0.1) is 0 Å². The third kappa shape index (κ3) is 4.96. The summed E-state index contributed by atoms with van der Waals surface area (Å²) in [4.78, 5) is 38.1. The van der Waals surface area contributed by atoms with Crippen molar-refractivity contribution in [1.82, 2.24) is 4.90 Å². The van der Waals surface area contributed by atoms with Crippen molar-refractivity contribution in [3.8, 4) is 16.9 Å². The minimum absolute atomic E-state index is 0.101. The summed E-state index contributed by atoms with van der Waals surface area (Å²) in [5.41, 5.74) is 4.75. The van der Waals surface area contributed by atoms with Crippen molar-refractivity contribution >= 4 is 23.7 Å². The van der Waals surface area contributed by atoms with Crippen LogP contribution in [0.1, 0.15) is 34.3 Å². The molecule has 0 fully saturated rings. The second kappa shape index (κ2) is 10.3. The van der Waals surface area contributed by atoms with Gasteiger partial charge in [0.15, 0.2) is 0 Å². The van der Waals surface area contributed by atoms with Crippen molar-refractivity contribution in [3.05, 3.63) is 83.4 Å². The number of amides is 2. The molecule has 0 bridgehead atoms. The molecular formula is C27H26N2O6. The lowest BCUT2D eigenvalue weighted by atomic mass is 9.98. The molecule has 35 heavy (non-hydrogen) atoms. The van der Waals surface area contributed by atoms with Crippen LogP contribution >= 0.6 is 0 Å². The summed E-state index contributed by atoms with van der Waals surface area (Å²) in [5.74, 6) is -1.37. The number of hydrogen-bond acceptors (Lipinski definition) is 5. The molecule has 8 nitrogen and oxygen atoms in total. The minimum Gasteiger partial charge on any atom is -0.497 e. The third-order valence-corrected chi connectivity index (χ3v) is 6.03. The van der Waals surface area contributed by atoms with E-state index < -0.39 is 24.5 Å². The molecule has 2 amide bonds. The number of carboxylic acid groups (broad SMARTS) is 1. The Labute approximate surface area is 203 Å². The molecule has 2 N–H and O–H groups in total. The standard InChI is InChI=1S/C27H26N2O6/c1-3-29(15-25(30)31)26(32)22-14-17(34-2)12-13-24(22)28-27(33)35-16-23-20-10-6-4-8-18(20)19-9-5-7-11-21(19)23/h4-14,23H,3,15-16H2,1-2H3,(H,28,33)(H,30,31). The highest BCUT2D eigenvalue weighted by atomic mass is 16.5. The van der Waals surface area contributed by atoms with Crippen LogP contribution in [0.2, 0.25) is 0 Å². The van der Waals surface area contributed by atoms with E-state index in [0.29, 0.717) is 5.75 Å². The lowest BCUT2D eigenvalue weighted by molar-refractivity contribution is -0.137. The van der Waals surface area contributed by atoms with Gasteiger partial charge in [0.05, 0.1) is 18.4 Å². The highest BCUT2D eigenvalue weighted by Crippen LogP contribution is 2.44. The topological polar surface area (TPSA) is 105 Å². The molecule has 1 aliphatic carbocycles. The molecule has 1 aliphatic rings. The number of fused-ring (bicyclic) bond motifs is 3. The first kappa shape index (κ1) is 23.8. The van der Waals surface area contributed by atoms with Gasteiger partial charge in [0.1, 0.15) is 18.9 Å². The number of carbonyl (C=O) groups excluding carboxylic acids is 2. The first-order chi connectivity index (χ1) is 16.9. The van der Waals surface area contributed by atoms with E-state index in [1.54, 1.807) is 13.0 Å². The number of likely N-dealkylation sites (N-methyl/N-ethyl adjacent to an activating group) is 1. The average molecular weight is 475 g/mol. The van der Waals surface area contributed by atoms with Crippen molar-refractivity contribution in [2.24, 2.45) is 0 Å². The number of anilines is 1. The summed E-state index contributed by atoms with van der Waals surface area (Å²) in [7, 11) is 1.46. The summed E-state index contributed by atoms with van der Waals surface area (Å²) in [6, 6.07) is 20.7. The number of nitrogens with zero attached hydrogens (tertiary/aromatic N) is 1. The maximum Gasteiger partial charge on any atom is 0.411 e. The predicted molar refractivity (Wildman–Crippen MR) is 131 cm³/mol. The van der Waals surface area contributed by atoms with Crippen molar-refractivity contribution in [2.75, 3.05) is 32.1 Å². The average Bonchev–Trinajstić information content (AvgIpc) is 3.19. The maximum atomic E-state index is 13.0. The molecule has 0 heterocycles. The van der Waals surface area contributed by atoms with Crippen molar-refractivity contribution < 1.29 is 29.0 Å². The van der Waals surface area contributed by atoms with Gasteiger partial charge < -0.3 is 19.5 Å².